The van der Waals surface area contributed by atoms with E-state index in [2.05, 4.69) is 6.07 Å². The summed E-state index contributed by atoms with van der Waals surface area (Å²) in [6, 6.07) is 6.00. The van der Waals surface area contributed by atoms with E-state index in [4.69, 9.17) is 9.84 Å². The van der Waals surface area contributed by atoms with Crippen molar-refractivity contribution in [3.8, 4) is 5.75 Å². The molecule has 0 amide bonds. The summed E-state index contributed by atoms with van der Waals surface area (Å²) in [5, 5.41) is 18.3. The summed E-state index contributed by atoms with van der Waals surface area (Å²) in [6.07, 6.45) is -0.128. The van der Waals surface area contributed by atoms with Gasteiger partial charge >= 0.3 is 0 Å². The van der Waals surface area contributed by atoms with Crippen LogP contribution in [-0.4, -0.2) is 30.0 Å². The molecule has 0 aliphatic heterocycles. The molecule has 1 aromatic rings. The summed E-state index contributed by atoms with van der Waals surface area (Å²) in [5.74, 6) is 1.00. The van der Waals surface area contributed by atoms with Crippen molar-refractivity contribution in [2.45, 2.75) is 32.3 Å². The van der Waals surface area contributed by atoms with Gasteiger partial charge in [-0.1, -0.05) is 24.6 Å². The first-order chi connectivity index (χ1) is 7.58. The molecule has 0 heterocycles. The molecule has 0 saturated heterocycles. The maximum atomic E-state index is 9.43. The number of ether oxygens (including phenoxy) is 1. The van der Waals surface area contributed by atoms with Crippen molar-refractivity contribution in [2.75, 3.05) is 13.7 Å². The third-order valence-corrected chi connectivity index (χ3v) is 2.75. The Morgan fingerprint density at radius 3 is 2.62 bits per heavy atom. The van der Waals surface area contributed by atoms with Gasteiger partial charge in [-0.15, -0.1) is 0 Å². The number of aryl methyl sites for hydroxylation is 1. The maximum absolute atomic E-state index is 9.43. The van der Waals surface area contributed by atoms with Gasteiger partial charge in [0.2, 0.25) is 0 Å². The first-order valence-corrected chi connectivity index (χ1v) is 5.52. The number of benzene rings is 1. The van der Waals surface area contributed by atoms with E-state index in [0.717, 1.165) is 11.3 Å². The van der Waals surface area contributed by atoms with Crippen LogP contribution in [0.3, 0.4) is 0 Å². The zero-order valence-electron chi connectivity index (χ0n) is 10.1. The van der Waals surface area contributed by atoms with E-state index in [1.165, 1.54) is 5.56 Å². The standard InChI is InChI=1S/C13H20O3/c1-9-4-5-13(16-3)12(6-9)10(2)7-11(15)8-14/h4-6,10-11,14-15H,7-8H2,1-3H3. The molecule has 0 aromatic heterocycles. The van der Waals surface area contributed by atoms with E-state index in [-0.39, 0.29) is 12.5 Å². The highest BCUT2D eigenvalue weighted by atomic mass is 16.5. The molecule has 2 atom stereocenters. The van der Waals surface area contributed by atoms with Crippen LogP contribution >= 0.6 is 0 Å². The molecule has 2 N–H and O–H groups in total. The molecule has 1 aromatic carbocycles. The highest BCUT2D eigenvalue weighted by molar-refractivity contribution is 5.39. The topological polar surface area (TPSA) is 49.7 Å². The molecular formula is C13H20O3. The first-order valence-electron chi connectivity index (χ1n) is 5.52. The van der Waals surface area contributed by atoms with Gasteiger partial charge in [0.1, 0.15) is 5.75 Å². The number of aliphatic hydroxyl groups is 2. The van der Waals surface area contributed by atoms with Crippen LogP contribution < -0.4 is 4.74 Å². The molecule has 0 aliphatic carbocycles. The molecule has 0 aliphatic rings. The molecule has 1 rings (SSSR count). The fourth-order valence-electron chi connectivity index (χ4n) is 1.85. The SMILES string of the molecule is COc1ccc(C)cc1C(C)CC(O)CO. The van der Waals surface area contributed by atoms with E-state index < -0.39 is 6.10 Å². The lowest BCUT2D eigenvalue weighted by molar-refractivity contribution is 0.0833. The van der Waals surface area contributed by atoms with Gasteiger partial charge in [-0.3, -0.25) is 0 Å². The average Bonchev–Trinajstić information content (AvgIpc) is 2.28. The molecule has 0 radical (unpaired) electrons. The van der Waals surface area contributed by atoms with E-state index in [0.29, 0.717) is 6.42 Å². The Morgan fingerprint density at radius 2 is 2.06 bits per heavy atom. The van der Waals surface area contributed by atoms with Crippen molar-refractivity contribution in [3.63, 3.8) is 0 Å². The van der Waals surface area contributed by atoms with Gasteiger partial charge in [-0.05, 0) is 30.9 Å². The van der Waals surface area contributed by atoms with Crippen LogP contribution in [0.4, 0.5) is 0 Å². The van der Waals surface area contributed by atoms with E-state index >= 15 is 0 Å². The van der Waals surface area contributed by atoms with Gasteiger partial charge in [-0.25, -0.2) is 0 Å². The molecule has 16 heavy (non-hydrogen) atoms. The second kappa shape index (κ2) is 5.87. The van der Waals surface area contributed by atoms with Crippen molar-refractivity contribution < 1.29 is 14.9 Å². The predicted octanol–water partition coefficient (Wildman–Crippen LogP) is 1.85. The van der Waals surface area contributed by atoms with Crippen LogP contribution in [0.15, 0.2) is 18.2 Å². The highest BCUT2D eigenvalue weighted by Crippen LogP contribution is 2.30. The smallest absolute Gasteiger partial charge is 0.122 e. The molecule has 90 valence electrons. The molecular weight excluding hydrogens is 204 g/mol. The summed E-state index contributed by atoms with van der Waals surface area (Å²) < 4.78 is 5.29. The second-order valence-corrected chi connectivity index (χ2v) is 4.22. The predicted molar refractivity (Wildman–Crippen MR) is 63.9 cm³/mol. The number of rotatable bonds is 5. The van der Waals surface area contributed by atoms with E-state index in [9.17, 15) is 5.11 Å². The van der Waals surface area contributed by atoms with Crippen molar-refractivity contribution in [1.82, 2.24) is 0 Å². The fourth-order valence-corrected chi connectivity index (χ4v) is 1.85. The molecule has 3 nitrogen and oxygen atoms in total. The molecule has 2 unspecified atom stereocenters. The summed E-state index contributed by atoms with van der Waals surface area (Å²) >= 11 is 0. The van der Waals surface area contributed by atoms with Gasteiger partial charge < -0.3 is 14.9 Å². The Hall–Kier alpha value is -1.06. The lowest BCUT2D eigenvalue weighted by Crippen LogP contribution is -2.15. The normalized spacial score (nSPS) is 14.6. The van der Waals surface area contributed by atoms with Crippen LogP contribution in [-0.2, 0) is 0 Å². The lowest BCUT2D eigenvalue weighted by Gasteiger charge is -2.18. The Balaban J connectivity index is 2.88. The van der Waals surface area contributed by atoms with Crippen LogP contribution in [0, 0.1) is 6.92 Å². The summed E-state index contributed by atoms with van der Waals surface area (Å²) in [7, 11) is 1.64. The Bertz CT molecular complexity index is 336. The zero-order chi connectivity index (χ0) is 12.1. The average molecular weight is 224 g/mol. The van der Waals surface area contributed by atoms with Crippen LogP contribution in [0.1, 0.15) is 30.4 Å². The van der Waals surface area contributed by atoms with Gasteiger partial charge in [0.15, 0.2) is 0 Å². The van der Waals surface area contributed by atoms with E-state index in [1.54, 1.807) is 7.11 Å². The van der Waals surface area contributed by atoms with Crippen molar-refractivity contribution in [2.24, 2.45) is 0 Å². The Kier molecular flexibility index (Phi) is 4.77. The van der Waals surface area contributed by atoms with Crippen molar-refractivity contribution in [1.29, 1.82) is 0 Å². The first kappa shape index (κ1) is 13.0. The van der Waals surface area contributed by atoms with Gasteiger partial charge in [0, 0.05) is 0 Å². The monoisotopic (exact) mass is 224 g/mol. The van der Waals surface area contributed by atoms with Crippen LogP contribution in [0.5, 0.6) is 5.75 Å². The third kappa shape index (κ3) is 3.22. The molecule has 3 heteroatoms. The van der Waals surface area contributed by atoms with Crippen LogP contribution in [0.2, 0.25) is 0 Å². The number of hydrogen-bond acceptors (Lipinski definition) is 3. The highest BCUT2D eigenvalue weighted by Gasteiger charge is 2.15. The number of hydrogen-bond donors (Lipinski definition) is 2. The van der Waals surface area contributed by atoms with E-state index in [1.807, 2.05) is 26.0 Å². The lowest BCUT2D eigenvalue weighted by atomic mass is 9.93. The largest absolute Gasteiger partial charge is 0.496 e. The maximum Gasteiger partial charge on any atom is 0.122 e. The van der Waals surface area contributed by atoms with Crippen LogP contribution in [0.25, 0.3) is 0 Å². The molecule has 0 saturated carbocycles. The minimum absolute atomic E-state index is 0.164. The third-order valence-electron chi connectivity index (χ3n) is 2.75. The van der Waals surface area contributed by atoms with Gasteiger partial charge in [0.25, 0.3) is 0 Å². The van der Waals surface area contributed by atoms with Gasteiger partial charge in [0.05, 0.1) is 19.8 Å². The zero-order valence-corrected chi connectivity index (χ0v) is 10.1. The minimum atomic E-state index is -0.666. The second-order valence-electron chi connectivity index (χ2n) is 4.22. The fraction of sp³-hybridized carbons (Fsp3) is 0.538. The summed E-state index contributed by atoms with van der Waals surface area (Å²) in [5.41, 5.74) is 2.25. The van der Waals surface area contributed by atoms with Crippen molar-refractivity contribution >= 4 is 0 Å². The quantitative estimate of drug-likeness (QED) is 0.802. The minimum Gasteiger partial charge on any atom is -0.496 e. The summed E-state index contributed by atoms with van der Waals surface area (Å²) in [6.45, 7) is 3.85. The Morgan fingerprint density at radius 1 is 1.38 bits per heavy atom. The molecule has 0 bridgehead atoms. The summed E-state index contributed by atoms with van der Waals surface area (Å²) in [4.78, 5) is 0. The van der Waals surface area contributed by atoms with Crippen molar-refractivity contribution in [3.05, 3.63) is 29.3 Å². The molecule has 0 spiro atoms. The Labute approximate surface area is 96.7 Å². The number of aliphatic hydroxyl groups excluding tert-OH is 2. The molecule has 0 fully saturated rings. The number of methoxy groups -OCH3 is 1. The van der Waals surface area contributed by atoms with Gasteiger partial charge in [-0.2, -0.15) is 0 Å².